The zero-order chi connectivity index (χ0) is 12.1. The van der Waals surface area contributed by atoms with Crippen molar-refractivity contribution in [2.24, 2.45) is 11.8 Å². The van der Waals surface area contributed by atoms with Crippen molar-refractivity contribution in [3.05, 3.63) is 0 Å². The van der Waals surface area contributed by atoms with Crippen LogP contribution in [0, 0.1) is 11.8 Å². The van der Waals surface area contributed by atoms with Crippen LogP contribution in [0.1, 0.15) is 53.4 Å². The first-order chi connectivity index (χ1) is 6.74. The van der Waals surface area contributed by atoms with Crippen LogP contribution in [0.4, 0.5) is 0 Å². The van der Waals surface area contributed by atoms with Crippen molar-refractivity contribution in [3.8, 4) is 0 Å². The molecule has 1 aliphatic carbocycles. The second-order valence-electron chi connectivity index (χ2n) is 5.10. The Labute approximate surface area is 92.5 Å². The summed E-state index contributed by atoms with van der Waals surface area (Å²) in [5, 5.41) is 17.1. The van der Waals surface area contributed by atoms with E-state index < -0.39 is 5.97 Å². The second-order valence-corrected chi connectivity index (χ2v) is 5.10. The molecule has 0 unspecified atom stereocenters. The summed E-state index contributed by atoms with van der Waals surface area (Å²) >= 11 is 0. The van der Waals surface area contributed by atoms with Gasteiger partial charge in [-0.1, -0.05) is 13.8 Å². The maximum Gasteiger partial charge on any atom is 0.300 e. The highest BCUT2D eigenvalue weighted by Crippen LogP contribution is 2.35. The molecular formula is C12H24O3. The molecule has 0 saturated heterocycles. The van der Waals surface area contributed by atoms with Gasteiger partial charge in [0.15, 0.2) is 0 Å². The van der Waals surface area contributed by atoms with Crippen LogP contribution in [0.15, 0.2) is 0 Å². The van der Waals surface area contributed by atoms with Gasteiger partial charge in [-0.25, -0.2) is 0 Å². The molecule has 0 heterocycles. The highest BCUT2D eigenvalue weighted by atomic mass is 16.4. The van der Waals surface area contributed by atoms with Gasteiger partial charge in [-0.05, 0) is 44.4 Å². The first-order valence-electron chi connectivity index (χ1n) is 5.66. The van der Waals surface area contributed by atoms with Crippen LogP contribution in [-0.2, 0) is 4.79 Å². The van der Waals surface area contributed by atoms with Crippen LogP contribution in [0.25, 0.3) is 0 Å². The first-order valence-corrected chi connectivity index (χ1v) is 5.66. The van der Waals surface area contributed by atoms with E-state index in [9.17, 15) is 5.11 Å². The first kappa shape index (κ1) is 14.4. The summed E-state index contributed by atoms with van der Waals surface area (Å²) in [5.41, 5.74) is -0.356. The molecule has 0 aromatic carbocycles. The average Bonchev–Trinajstić information content (AvgIpc) is 2.01. The maximum atomic E-state index is 9.67. The number of rotatable bonds is 1. The summed E-state index contributed by atoms with van der Waals surface area (Å²) in [6.07, 6.45) is 4.42. The molecule has 1 aliphatic rings. The van der Waals surface area contributed by atoms with Crippen LogP contribution in [0.5, 0.6) is 0 Å². The molecule has 1 rings (SSSR count). The smallest absolute Gasteiger partial charge is 0.300 e. The second kappa shape index (κ2) is 6.11. The number of hydrogen-bond acceptors (Lipinski definition) is 2. The Bertz CT molecular complexity index is 183. The third-order valence-corrected chi connectivity index (χ3v) is 3.05. The molecule has 0 radical (unpaired) electrons. The fourth-order valence-electron chi connectivity index (χ4n) is 1.93. The van der Waals surface area contributed by atoms with Crippen molar-refractivity contribution in [2.75, 3.05) is 0 Å². The highest BCUT2D eigenvalue weighted by Gasteiger charge is 2.29. The van der Waals surface area contributed by atoms with E-state index in [1.54, 1.807) is 0 Å². The van der Waals surface area contributed by atoms with Crippen molar-refractivity contribution in [1.29, 1.82) is 0 Å². The minimum Gasteiger partial charge on any atom is -0.481 e. The largest absolute Gasteiger partial charge is 0.481 e. The van der Waals surface area contributed by atoms with Crippen molar-refractivity contribution in [1.82, 2.24) is 0 Å². The molecule has 0 bridgehead atoms. The van der Waals surface area contributed by atoms with Gasteiger partial charge in [0.1, 0.15) is 0 Å². The Morgan fingerprint density at radius 2 is 1.67 bits per heavy atom. The topological polar surface area (TPSA) is 57.5 Å². The van der Waals surface area contributed by atoms with E-state index in [1.807, 2.05) is 6.92 Å². The predicted molar refractivity (Wildman–Crippen MR) is 60.7 cm³/mol. The third kappa shape index (κ3) is 7.37. The van der Waals surface area contributed by atoms with Gasteiger partial charge < -0.3 is 10.2 Å². The standard InChI is InChI=1S/C10H20O.C2H4O2/c1-8(2)9-4-6-10(3,11)7-5-9;1-2(3)4/h8-9,11H,4-7H2,1-3H3;1H3,(H,3,4). The predicted octanol–water partition coefficient (Wildman–Crippen LogP) is 2.67. The van der Waals surface area contributed by atoms with E-state index in [4.69, 9.17) is 9.90 Å². The van der Waals surface area contributed by atoms with Gasteiger partial charge in [-0.3, -0.25) is 4.79 Å². The fraction of sp³-hybridized carbons (Fsp3) is 0.917. The normalized spacial score (nSPS) is 30.7. The van der Waals surface area contributed by atoms with Crippen LogP contribution in [0.3, 0.4) is 0 Å². The van der Waals surface area contributed by atoms with Crippen molar-refractivity contribution >= 4 is 5.97 Å². The average molecular weight is 216 g/mol. The van der Waals surface area contributed by atoms with E-state index in [1.165, 1.54) is 12.8 Å². The number of aliphatic hydroxyl groups is 1. The highest BCUT2D eigenvalue weighted by molar-refractivity contribution is 5.62. The molecule has 2 N–H and O–H groups in total. The molecule has 15 heavy (non-hydrogen) atoms. The molecule has 0 amide bonds. The Hall–Kier alpha value is -0.570. The Morgan fingerprint density at radius 1 is 1.33 bits per heavy atom. The lowest BCUT2D eigenvalue weighted by Gasteiger charge is -2.34. The lowest BCUT2D eigenvalue weighted by molar-refractivity contribution is -0.134. The quantitative estimate of drug-likeness (QED) is 0.708. The van der Waals surface area contributed by atoms with Crippen LogP contribution >= 0.6 is 0 Å². The lowest BCUT2D eigenvalue weighted by atomic mass is 9.75. The summed E-state index contributed by atoms with van der Waals surface area (Å²) in [7, 11) is 0. The van der Waals surface area contributed by atoms with Crippen LogP contribution in [0.2, 0.25) is 0 Å². The van der Waals surface area contributed by atoms with Gasteiger partial charge in [0.05, 0.1) is 5.60 Å². The van der Waals surface area contributed by atoms with E-state index in [2.05, 4.69) is 13.8 Å². The molecule has 0 aliphatic heterocycles. The summed E-state index contributed by atoms with van der Waals surface area (Å²) in [5.74, 6) is 0.821. The fourth-order valence-corrected chi connectivity index (χ4v) is 1.93. The molecule has 0 atom stereocenters. The molecular weight excluding hydrogens is 192 g/mol. The Kier molecular flexibility index (Phi) is 5.88. The van der Waals surface area contributed by atoms with E-state index in [-0.39, 0.29) is 5.60 Å². The number of carbonyl (C=O) groups is 1. The summed E-state index contributed by atoms with van der Waals surface area (Å²) in [6.45, 7) is 7.61. The summed E-state index contributed by atoms with van der Waals surface area (Å²) in [6, 6.07) is 0. The molecule has 1 saturated carbocycles. The van der Waals surface area contributed by atoms with Gasteiger partial charge >= 0.3 is 0 Å². The third-order valence-electron chi connectivity index (χ3n) is 3.05. The molecule has 0 spiro atoms. The molecule has 0 aromatic rings. The van der Waals surface area contributed by atoms with Crippen molar-refractivity contribution in [3.63, 3.8) is 0 Å². The number of carboxylic acids is 1. The molecule has 1 fully saturated rings. The van der Waals surface area contributed by atoms with Gasteiger partial charge in [0.25, 0.3) is 5.97 Å². The monoisotopic (exact) mass is 216 g/mol. The zero-order valence-corrected chi connectivity index (χ0v) is 10.3. The van der Waals surface area contributed by atoms with Gasteiger partial charge in [-0.15, -0.1) is 0 Å². The van der Waals surface area contributed by atoms with Crippen LogP contribution in [-0.4, -0.2) is 21.8 Å². The van der Waals surface area contributed by atoms with Crippen molar-refractivity contribution in [2.45, 2.75) is 59.0 Å². The number of aliphatic carboxylic acids is 1. The summed E-state index contributed by atoms with van der Waals surface area (Å²) in [4.78, 5) is 9.00. The Balaban J connectivity index is 0.000000423. The van der Waals surface area contributed by atoms with E-state index >= 15 is 0 Å². The van der Waals surface area contributed by atoms with E-state index in [0.29, 0.717) is 0 Å². The van der Waals surface area contributed by atoms with Gasteiger partial charge in [0.2, 0.25) is 0 Å². The molecule has 0 aromatic heterocycles. The maximum absolute atomic E-state index is 9.67. The lowest BCUT2D eigenvalue weighted by Crippen LogP contribution is -2.31. The zero-order valence-electron chi connectivity index (χ0n) is 10.3. The minimum absolute atomic E-state index is 0.356. The van der Waals surface area contributed by atoms with E-state index in [0.717, 1.165) is 31.6 Å². The Morgan fingerprint density at radius 3 is 1.93 bits per heavy atom. The van der Waals surface area contributed by atoms with Gasteiger partial charge in [-0.2, -0.15) is 0 Å². The van der Waals surface area contributed by atoms with Gasteiger partial charge in [0, 0.05) is 6.92 Å². The van der Waals surface area contributed by atoms with Crippen molar-refractivity contribution < 1.29 is 15.0 Å². The molecule has 3 nitrogen and oxygen atoms in total. The van der Waals surface area contributed by atoms with Crippen LogP contribution < -0.4 is 0 Å². The minimum atomic E-state index is -0.833. The number of carboxylic acid groups (broad SMARTS) is 1. The number of hydrogen-bond donors (Lipinski definition) is 2. The SMILES string of the molecule is CC(=O)O.CC(C)C1CCC(C)(O)CC1. The molecule has 90 valence electrons. The molecule has 3 heteroatoms. The summed E-state index contributed by atoms with van der Waals surface area (Å²) < 4.78 is 0.